The first-order valence-electron chi connectivity index (χ1n) is 13.9. The summed E-state index contributed by atoms with van der Waals surface area (Å²) in [4.78, 5) is 0. The summed E-state index contributed by atoms with van der Waals surface area (Å²) in [5, 5.41) is 11.3. The quantitative estimate of drug-likeness (QED) is 0.230. The molecule has 0 radical (unpaired) electrons. The SMILES string of the molecule is C=CC[C@H]1[C@H](O)CC(O[Si](C)(C)C(C)(C)C)[C@@H]1/C=C/[C@H](CCc1ccccc1)O[Si](C)(C)C(C)(C)C. The van der Waals surface area contributed by atoms with E-state index in [9.17, 15) is 5.11 Å². The Morgan fingerprint density at radius 2 is 1.58 bits per heavy atom. The van der Waals surface area contributed by atoms with E-state index >= 15 is 0 Å². The number of aliphatic hydroxyl groups excluding tert-OH is 1. The molecular weight excluding hydrogens is 477 g/mol. The molecule has 0 aromatic heterocycles. The van der Waals surface area contributed by atoms with Gasteiger partial charge in [0.2, 0.25) is 0 Å². The zero-order valence-corrected chi connectivity index (χ0v) is 26.8. The Morgan fingerprint density at radius 3 is 2.11 bits per heavy atom. The van der Waals surface area contributed by atoms with Crippen molar-refractivity contribution in [2.45, 2.75) is 122 Å². The van der Waals surface area contributed by atoms with Crippen molar-refractivity contribution in [1.82, 2.24) is 0 Å². The highest BCUT2D eigenvalue weighted by Gasteiger charge is 2.47. The van der Waals surface area contributed by atoms with Gasteiger partial charge >= 0.3 is 0 Å². The van der Waals surface area contributed by atoms with Gasteiger partial charge in [-0.3, -0.25) is 0 Å². The fourth-order valence-electron chi connectivity index (χ4n) is 4.51. The number of hydrogen-bond acceptors (Lipinski definition) is 3. The van der Waals surface area contributed by atoms with E-state index in [4.69, 9.17) is 8.85 Å². The van der Waals surface area contributed by atoms with Crippen LogP contribution in [-0.4, -0.2) is 40.1 Å². The van der Waals surface area contributed by atoms with Crippen LogP contribution < -0.4 is 0 Å². The van der Waals surface area contributed by atoms with E-state index in [1.165, 1.54) is 5.56 Å². The van der Waals surface area contributed by atoms with E-state index in [2.05, 4.69) is 117 Å². The Hall–Kier alpha value is -0.986. The molecule has 1 saturated carbocycles. The maximum absolute atomic E-state index is 11.0. The van der Waals surface area contributed by atoms with Gasteiger partial charge in [0, 0.05) is 5.92 Å². The number of aryl methyl sites for hydroxylation is 1. The molecule has 5 atom stereocenters. The molecule has 0 aliphatic heterocycles. The third-order valence-electron chi connectivity index (χ3n) is 8.94. The molecule has 0 bridgehead atoms. The molecule has 204 valence electrons. The van der Waals surface area contributed by atoms with Crippen LogP contribution in [-0.2, 0) is 15.3 Å². The average molecular weight is 531 g/mol. The van der Waals surface area contributed by atoms with Crippen molar-refractivity contribution in [3.05, 3.63) is 60.7 Å². The second-order valence-corrected chi connectivity index (χ2v) is 23.3. The number of rotatable bonds is 11. The van der Waals surface area contributed by atoms with Gasteiger partial charge in [0.25, 0.3) is 0 Å². The lowest BCUT2D eigenvalue weighted by Crippen LogP contribution is -2.45. The van der Waals surface area contributed by atoms with E-state index in [0.29, 0.717) is 6.42 Å². The van der Waals surface area contributed by atoms with E-state index in [1.807, 2.05) is 6.08 Å². The molecule has 1 aliphatic rings. The second kappa shape index (κ2) is 12.2. The number of hydrogen-bond donors (Lipinski definition) is 1. The molecule has 36 heavy (non-hydrogen) atoms. The highest BCUT2D eigenvalue weighted by atomic mass is 28.4. The second-order valence-electron chi connectivity index (χ2n) is 13.8. The Bertz CT molecular complexity index is 849. The Balaban J connectivity index is 2.33. The van der Waals surface area contributed by atoms with Gasteiger partial charge in [-0.25, -0.2) is 0 Å². The van der Waals surface area contributed by atoms with Crippen molar-refractivity contribution in [2.24, 2.45) is 11.8 Å². The molecule has 5 heteroatoms. The van der Waals surface area contributed by atoms with Crippen LogP contribution >= 0.6 is 0 Å². The van der Waals surface area contributed by atoms with Crippen LogP contribution in [0.25, 0.3) is 0 Å². The molecule has 1 fully saturated rings. The number of allylic oxidation sites excluding steroid dienone is 1. The summed E-state index contributed by atoms with van der Waals surface area (Å²) in [7, 11) is -3.92. The molecule has 2 rings (SSSR count). The molecule has 1 aliphatic carbocycles. The molecule has 0 saturated heterocycles. The highest BCUT2D eigenvalue weighted by molar-refractivity contribution is 6.74. The van der Waals surface area contributed by atoms with Gasteiger partial charge in [-0.1, -0.05) is 90.1 Å². The minimum Gasteiger partial charge on any atom is -0.413 e. The van der Waals surface area contributed by atoms with Gasteiger partial charge in [-0.15, -0.1) is 6.58 Å². The van der Waals surface area contributed by atoms with Gasteiger partial charge < -0.3 is 14.0 Å². The fraction of sp³-hybridized carbons (Fsp3) is 0.677. The lowest BCUT2D eigenvalue weighted by atomic mass is 9.90. The summed E-state index contributed by atoms with van der Waals surface area (Å²) in [5.74, 6) is 0.297. The third-order valence-corrected chi connectivity index (χ3v) is 18.0. The van der Waals surface area contributed by atoms with Crippen LogP contribution in [0.1, 0.15) is 66.4 Å². The Morgan fingerprint density at radius 1 is 1.00 bits per heavy atom. The Labute approximate surface area is 224 Å². The van der Waals surface area contributed by atoms with E-state index < -0.39 is 16.6 Å². The van der Waals surface area contributed by atoms with Crippen molar-refractivity contribution >= 4 is 16.6 Å². The zero-order valence-electron chi connectivity index (χ0n) is 24.8. The zero-order chi connectivity index (χ0) is 27.4. The van der Waals surface area contributed by atoms with E-state index in [0.717, 1.165) is 19.3 Å². The van der Waals surface area contributed by atoms with Gasteiger partial charge in [0.1, 0.15) is 0 Å². The van der Waals surface area contributed by atoms with Crippen LogP contribution in [0.4, 0.5) is 0 Å². The molecule has 0 spiro atoms. The minimum atomic E-state index is -1.97. The van der Waals surface area contributed by atoms with Crippen molar-refractivity contribution in [1.29, 1.82) is 0 Å². The summed E-state index contributed by atoms with van der Waals surface area (Å²) in [6.07, 6.45) is 9.70. The summed E-state index contributed by atoms with van der Waals surface area (Å²) in [6.45, 7) is 27.0. The van der Waals surface area contributed by atoms with Gasteiger partial charge in [-0.2, -0.15) is 0 Å². The maximum Gasteiger partial charge on any atom is 0.192 e. The van der Waals surface area contributed by atoms with Crippen LogP contribution in [0.15, 0.2) is 55.1 Å². The molecule has 0 heterocycles. The lowest BCUT2D eigenvalue weighted by molar-refractivity contribution is 0.122. The molecule has 1 N–H and O–H groups in total. The van der Waals surface area contributed by atoms with Gasteiger partial charge in [0.05, 0.1) is 18.3 Å². The van der Waals surface area contributed by atoms with Crippen molar-refractivity contribution in [3.63, 3.8) is 0 Å². The first kappa shape index (κ1) is 31.2. The van der Waals surface area contributed by atoms with Gasteiger partial charge in [-0.05, 0) is 73.4 Å². The predicted octanol–water partition coefficient (Wildman–Crippen LogP) is 8.53. The van der Waals surface area contributed by atoms with Crippen molar-refractivity contribution in [2.75, 3.05) is 0 Å². The standard InChI is InChI=1S/C31H54O3Si2/c1-12-16-26-27(29(23-28(26)32)34-36(10,11)31(5,6)7)22-21-25(33-35(8,9)30(2,3)4)20-19-24-17-14-13-15-18-24/h12-15,17-18,21-22,25-29,32H,1,16,19-20,23H2,2-11H3/b22-21+/t25-,26+,27+,28+,29?/m0/s1. The first-order chi connectivity index (χ1) is 16.5. The van der Waals surface area contributed by atoms with Crippen molar-refractivity contribution in [3.8, 4) is 0 Å². The molecule has 1 unspecified atom stereocenters. The predicted molar refractivity (Wildman–Crippen MR) is 160 cm³/mol. The minimum absolute atomic E-state index is 0.0322. The maximum atomic E-state index is 11.0. The monoisotopic (exact) mass is 530 g/mol. The lowest BCUT2D eigenvalue weighted by Gasteiger charge is -2.40. The number of aliphatic hydroxyl groups is 1. The summed E-state index contributed by atoms with van der Waals surface area (Å²) in [5.41, 5.74) is 1.34. The van der Waals surface area contributed by atoms with Crippen LogP contribution in [0, 0.1) is 11.8 Å². The molecular formula is C31H54O3Si2. The highest BCUT2D eigenvalue weighted by Crippen LogP contribution is 2.44. The number of benzene rings is 1. The first-order valence-corrected chi connectivity index (χ1v) is 19.7. The molecule has 1 aromatic carbocycles. The van der Waals surface area contributed by atoms with Crippen LogP contribution in [0.5, 0.6) is 0 Å². The third kappa shape index (κ3) is 8.26. The Kier molecular flexibility index (Phi) is 10.6. The summed E-state index contributed by atoms with van der Waals surface area (Å²) >= 11 is 0. The normalized spacial score (nSPS) is 24.9. The van der Waals surface area contributed by atoms with E-state index in [-0.39, 0.29) is 40.2 Å². The molecule has 3 nitrogen and oxygen atoms in total. The van der Waals surface area contributed by atoms with Gasteiger partial charge in [0.15, 0.2) is 16.6 Å². The van der Waals surface area contributed by atoms with E-state index in [1.54, 1.807) is 0 Å². The smallest absolute Gasteiger partial charge is 0.192 e. The topological polar surface area (TPSA) is 38.7 Å². The fourth-order valence-corrected chi connectivity index (χ4v) is 7.18. The summed E-state index contributed by atoms with van der Waals surface area (Å²) < 4.78 is 13.8. The van der Waals surface area contributed by atoms with Crippen molar-refractivity contribution < 1.29 is 14.0 Å². The average Bonchev–Trinajstić information content (AvgIpc) is 3.02. The molecule has 1 aromatic rings. The largest absolute Gasteiger partial charge is 0.413 e. The summed E-state index contributed by atoms with van der Waals surface area (Å²) in [6, 6.07) is 10.7. The molecule has 0 amide bonds. The van der Waals surface area contributed by atoms with Crippen LogP contribution in [0.3, 0.4) is 0 Å². The van der Waals surface area contributed by atoms with Crippen LogP contribution in [0.2, 0.25) is 36.3 Å².